The van der Waals surface area contributed by atoms with E-state index >= 15 is 0 Å². The van der Waals surface area contributed by atoms with Gasteiger partial charge in [0.15, 0.2) is 5.78 Å². The molecule has 0 N–H and O–H groups in total. The van der Waals surface area contributed by atoms with Crippen molar-refractivity contribution in [3.8, 4) is 0 Å². The molecule has 1 fully saturated rings. The third-order valence-corrected chi connectivity index (χ3v) is 4.52. The smallest absolute Gasteiger partial charge is 0.258 e. The Labute approximate surface area is 98.6 Å². The third-order valence-electron chi connectivity index (χ3n) is 2.67. The summed E-state index contributed by atoms with van der Waals surface area (Å²) in [5.74, 6) is -4.35. The summed E-state index contributed by atoms with van der Waals surface area (Å²) in [6.07, 6.45) is 0.578. The minimum Gasteiger partial charge on any atom is -0.293 e. The van der Waals surface area contributed by atoms with Crippen molar-refractivity contribution in [2.45, 2.75) is 25.2 Å². The summed E-state index contributed by atoms with van der Waals surface area (Å²) in [4.78, 5) is 12.3. The summed E-state index contributed by atoms with van der Waals surface area (Å²) in [6.45, 7) is 0. The summed E-state index contributed by atoms with van der Waals surface area (Å²) >= 11 is 4.41. The number of carbonyl (C=O) groups is 1. The molecule has 1 aliphatic carbocycles. The second kappa shape index (κ2) is 3.94. The van der Waals surface area contributed by atoms with Gasteiger partial charge >= 0.3 is 0 Å². The van der Waals surface area contributed by atoms with Crippen molar-refractivity contribution in [3.63, 3.8) is 0 Å². The van der Waals surface area contributed by atoms with Crippen LogP contribution in [0.5, 0.6) is 0 Å². The molecule has 82 valence electrons. The van der Waals surface area contributed by atoms with Crippen molar-refractivity contribution in [2.75, 3.05) is 0 Å². The number of Topliss-reactive ketones (excluding diaryl/α,β-unsaturated/α-hetero) is 1. The first-order chi connectivity index (χ1) is 7.02. The zero-order chi connectivity index (χ0) is 11.1. The second-order valence-electron chi connectivity index (χ2n) is 3.67. The Morgan fingerprint density at radius 2 is 2.33 bits per heavy atom. The van der Waals surface area contributed by atoms with Crippen molar-refractivity contribution in [1.29, 1.82) is 0 Å². The number of rotatable bonds is 2. The zero-order valence-corrected chi connectivity index (χ0v) is 10.2. The molecule has 0 spiro atoms. The Kier molecular flexibility index (Phi) is 2.94. The first-order valence-corrected chi connectivity index (χ1v) is 6.34. The molecule has 0 saturated heterocycles. The monoisotopic (exact) mass is 294 g/mol. The van der Waals surface area contributed by atoms with Crippen LogP contribution < -0.4 is 0 Å². The van der Waals surface area contributed by atoms with Crippen LogP contribution in [-0.2, 0) is 0 Å². The van der Waals surface area contributed by atoms with Crippen molar-refractivity contribution >= 4 is 33.0 Å². The van der Waals surface area contributed by atoms with E-state index in [1.165, 1.54) is 11.3 Å². The first-order valence-electron chi connectivity index (χ1n) is 4.67. The lowest BCUT2D eigenvalue weighted by atomic mass is 9.98. The molecule has 5 heteroatoms. The quantitative estimate of drug-likeness (QED) is 0.750. The SMILES string of the molecule is O=C(c1sccc1Br)C1CCCC1(F)F. The van der Waals surface area contributed by atoms with E-state index in [-0.39, 0.29) is 6.42 Å². The third kappa shape index (κ3) is 1.99. The Bertz CT molecular complexity index is 389. The lowest BCUT2D eigenvalue weighted by Crippen LogP contribution is -2.28. The van der Waals surface area contributed by atoms with E-state index in [0.717, 1.165) is 0 Å². The molecule has 1 aromatic heterocycles. The Hall–Kier alpha value is -0.290. The highest BCUT2D eigenvalue weighted by molar-refractivity contribution is 9.10. The summed E-state index contributed by atoms with van der Waals surface area (Å²) in [6, 6.07) is 1.71. The number of thiophene rings is 1. The van der Waals surface area contributed by atoms with Gasteiger partial charge in [-0.25, -0.2) is 8.78 Å². The van der Waals surface area contributed by atoms with Crippen LogP contribution >= 0.6 is 27.3 Å². The van der Waals surface area contributed by atoms with Gasteiger partial charge in [-0.1, -0.05) is 0 Å². The molecule has 0 bridgehead atoms. The molecular formula is C10H9BrF2OS. The molecule has 1 atom stereocenters. The van der Waals surface area contributed by atoms with Gasteiger partial charge in [-0.15, -0.1) is 11.3 Å². The highest BCUT2D eigenvalue weighted by Gasteiger charge is 2.48. The van der Waals surface area contributed by atoms with E-state index in [9.17, 15) is 13.6 Å². The van der Waals surface area contributed by atoms with E-state index in [0.29, 0.717) is 22.2 Å². The average molecular weight is 295 g/mol. The molecule has 2 rings (SSSR count). The summed E-state index contributed by atoms with van der Waals surface area (Å²) in [7, 11) is 0. The summed E-state index contributed by atoms with van der Waals surface area (Å²) < 4.78 is 27.3. The Morgan fingerprint density at radius 1 is 1.60 bits per heavy atom. The molecule has 1 aromatic rings. The number of hydrogen-bond donors (Lipinski definition) is 0. The maximum Gasteiger partial charge on any atom is 0.258 e. The maximum absolute atomic E-state index is 13.4. The summed E-state index contributed by atoms with van der Waals surface area (Å²) in [5, 5.41) is 1.73. The van der Waals surface area contributed by atoms with E-state index < -0.39 is 17.6 Å². The molecule has 0 aromatic carbocycles. The number of carbonyl (C=O) groups excluding carboxylic acids is 1. The number of halogens is 3. The van der Waals surface area contributed by atoms with Crippen LogP contribution in [0.1, 0.15) is 28.9 Å². The minimum atomic E-state index is -2.82. The van der Waals surface area contributed by atoms with Gasteiger partial charge in [0.1, 0.15) is 0 Å². The molecular weight excluding hydrogens is 286 g/mol. The second-order valence-corrected chi connectivity index (χ2v) is 5.44. The number of ketones is 1. The van der Waals surface area contributed by atoms with Gasteiger partial charge in [-0.2, -0.15) is 0 Å². The van der Waals surface area contributed by atoms with E-state index in [2.05, 4.69) is 15.9 Å². The predicted octanol–water partition coefficient (Wildman–Crippen LogP) is 4.13. The van der Waals surface area contributed by atoms with E-state index in [4.69, 9.17) is 0 Å². The molecule has 1 unspecified atom stereocenters. The van der Waals surface area contributed by atoms with Gasteiger partial charge in [0.05, 0.1) is 10.8 Å². The maximum atomic E-state index is 13.4. The van der Waals surface area contributed by atoms with Gasteiger partial charge in [0.2, 0.25) is 0 Å². The minimum absolute atomic E-state index is 0.160. The lowest BCUT2D eigenvalue weighted by molar-refractivity contribution is -0.0266. The number of alkyl halides is 2. The number of hydrogen-bond acceptors (Lipinski definition) is 2. The Balaban J connectivity index is 2.26. The zero-order valence-electron chi connectivity index (χ0n) is 7.80. The highest BCUT2D eigenvalue weighted by atomic mass is 79.9. The van der Waals surface area contributed by atoms with Gasteiger partial charge in [0.25, 0.3) is 5.92 Å². The molecule has 1 aliphatic rings. The topological polar surface area (TPSA) is 17.1 Å². The van der Waals surface area contributed by atoms with Crippen molar-refractivity contribution in [1.82, 2.24) is 0 Å². The Morgan fingerprint density at radius 3 is 2.80 bits per heavy atom. The van der Waals surface area contributed by atoms with Gasteiger partial charge in [-0.3, -0.25) is 4.79 Å². The van der Waals surface area contributed by atoms with Crippen LogP contribution in [0.2, 0.25) is 0 Å². The van der Waals surface area contributed by atoms with Crippen LogP contribution in [0.25, 0.3) is 0 Å². The average Bonchev–Trinajstić information content (AvgIpc) is 2.70. The molecule has 1 nitrogen and oxygen atoms in total. The summed E-state index contributed by atoms with van der Waals surface area (Å²) in [5.41, 5.74) is 0. The fourth-order valence-electron chi connectivity index (χ4n) is 1.88. The van der Waals surface area contributed by atoms with E-state index in [1.807, 2.05) is 0 Å². The van der Waals surface area contributed by atoms with E-state index in [1.54, 1.807) is 11.4 Å². The van der Waals surface area contributed by atoms with Crippen LogP contribution in [0.4, 0.5) is 8.78 Å². The molecule has 0 radical (unpaired) electrons. The predicted molar refractivity (Wildman–Crippen MR) is 58.6 cm³/mol. The molecule has 0 amide bonds. The van der Waals surface area contributed by atoms with Crippen LogP contribution in [0.15, 0.2) is 15.9 Å². The normalized spacial score (nSPS) is 24.3. The molecule has 1 saturated carbocycles. The van der Waals surface area contributed by atoms with Crippen LogP contribution in [0, 0.1) is 5.92 Å². The fraction of sp³-hybridized carbons (Fsp3) is 0.500. The van der Waals surface area contributed by atoms with Gasteiger partial charge < -0.3 is 0 Å². The molecule has 0 aliphatic heterocycles. The van der Waals surface area contributed by atoms with Gasteiger partial charge in [-0.05, 0) is 40.2 Å². The van der Waals surface area contributed by atoms with Crippen LogP contribution in [0.3, 0.4) is 0 Å². The van der Waals surface area contributed by atoms with Crippen molar-refractivity contribution in [3.05, 3.63) is 20.8 Å². The molecule has 15 heavy (non-hydrogen) atoms. The lowest BCUT2D eigenvalue weighted by Gasteiger charge is -2.16. The van der Waals surface area contributed by atoms with Crippen molar-refractivity contribution in [2.24, 2.45) is 5.92 Å². The fourth-order valence-corrected chi connectivity index (χ4v) is 3.44. The van der Waals surface area contributed by atoms with Crippen molar-refractivity contribution < 1.29 is 13.6 Å². The largest absolute Gasteiger partial charge is 0.293 e. The standard InChI is InChI=1S/C10H9BrF2OS/c11-7-3-5-15-9(7)8(14)6-2-1-4-10(6,12)13/h3,5-6H,1-2,4H2. The van der Waals surface area contributed by atoms with Gasteiger partial charge in [0, 0.05) is 10.9 Å². The van der Waals surface area contributed by atoms with Crippen LogP contribution in [-0.4, -0.2) is 11.7 Å². The highest BCUT2D eigenvalue weighted by Crippen LogP contribution is 2.43. The molecule has 1 heterocycles. The first kappa shape index (κ1) is 11.2.